The summed E-state index contributed by atoms with van der Waals surface area (Å²) in [5.41, 5.74) is 2.75. The van der Waals surface area contributed by atoms with E-state index in [1.54, 1.807) is 0 Å². The summed E-state index contributed by atoms with van der Waals surface area (Å²) >= 11 is 0. The Hall–Kier alpha value is -1.60. The summed E-state index contributed by atoms with van der Waals surface area (Å²) in [5.74, 6) is 1.97. The normalized spacial score (nSPS) is 32.7. The highest BCUT2D eigenvalue weighted by Gasteiger charge is 2.42. The van der Waals surface area contributed by atoms with E-state index in [2.05, 4.69) is 28.0 Å². The van der Waals surface area contributed by atoms with Crippen LogP contribution in [0.1, 0.15) is 61.7 Å². The first-order valence-corrected chi connectivity index (χ1v) is 11.6. The van der Waals surface area contributed by atoms with E-state index in [4.69, 9.17) is 9.84 Å². The Morgan fingerprint density at radius 1 is 1.21 bits per heavy atom. The molecule has 6 rings (SSSR count). The van der Waals surface area contributed by atoms with Gasteiger partial charge >= 0.3 is 6.03 Å². The van der Waals surface area contributed by atoms with E-state index in [9.17, 15) is 4.79 Å². The molecule has 5 fully saturated rings. The SMILES string of the molecule is Cn1nc(C2CCCC2)cc1[C@H]1CN2CC[C@H]1C[C@@H]2CNC(=O)N1CCOCC1. The number of fused-ring (bicyclic) bond motifs is 3. The predicted octanol–water partition coefficient (Wildman–Crippen LogP) is 2.30. The molecule has 1 saturated carbocycles. The van der Waals surface area contributed by atoms with E-state index in [0.29, 0.717) is 50.1 Å². The van der Waals surface area contributed by atoms with Crippen LogP contribution in [0.25, 0.3) is 0 Å². The van der Waals surface area contributed by atoms with E-state index in [0.717, 1.165) is 19.6 Å². The van der Waals surface area contributed by atoms with Crippen LogP contribution in [0.15, 0.2) is 6.07 Å². The second-order valence-corrected chi connectivity index (χ2v) is 9.42. The van der Waals surface area contributed by atoms with Crippen LogP contribution in [0.2, 0.25) is 0 Å². The molecular weight excluding hydrogens is 366 g/mol. The highest BCUT2D eigenvalue weighted by Crippen LogP contribution is 2.43. The minimum atomic E-state index is 0.0698. The van der Waals surface area contributed by atoms with Crippen molar-refractivity contribution in [1.82, 2.24) is 24.9 Å². The van der Waals surface area contributed by atoms with Crippen LogP contribution in [0.3, 0.4) is 0 Å². The molecule has 4 saturated heterocycles. The number of morpholine rings is 1. The minimum absolute atomic E-state index is 0.0698. The highest BCUT2D eigenvalue weighted by atomic mass is 16.5. The standard InChI is InChI=1S/C22H35N5O2/c1-25-21(13-20(24-25)16-4-2-3-5-16)19-15-27-7-6-17(19)12-18(27)14-23-22(28)26-8-10-29-11-9-26/h13,16-19H,2-12,14-15H2,1H3,(H,23,28)/t17-,18+,19-/m0/s1. The molecule has 2 amide bonds. The molecule has 4 atom stereocenters. The number of urea groups is 1. The maximum Gasteiger partial charge on any atom is 0.317 e. The zero-order valence-corrected chi connectivity index (χ0v) is 17.7. The number of ether oxygens (including phenoxy) is 1. The fraction of sp³-hybridized carbons (Fsp3) is 0.818. The second-order valence-electron chi connectivity index (χ2n) is 9.42. The van der Waals surface area contributed by atoms with Crippen LogP contribution < -0.4 is 5.32 Å². The first-order valence-electron chi connectivity index (χ1n) is 11.6. The van der Waals surface area contributed by atoms with E-state index >= 15 is 0 Å². The van der Waals surface area contributed by atoms with Crippen molar-refractivity contribution >= 4 is 6.03 Å². The van der Waals surface area contributed by atoms with E-state index in [-0.39, 0.29) is 6.03 Å². The molecule has 7 nitrogen and oxygen atoms in total. The maximum atomic E-state index is 12.4. The Labute approximate surface area is 173 Å². The average Bonchev–Trinajstić information content (AvgIpc) is 3.43. The van der Waals surface area contributed by atoms with Gasteiger partial charge in [-0.3, -0.25) is 9.58 Å². The van der Waals surface area contributed by atoms with Crippen LogP contribution >= 0.6 is 0 Å². The lowest BCUT2D eigenvalue weighted by Crippen LogP contribution is -2.57. The molecule has 1 N–H and O–H groups in total. The summed E-state index contributed by atoms with van der Waals surface area (Å²) in [4.78, 5) is 16.9. The number of carbonyl (C=O) groups is 1. The van der Waals surface area contributed by atoms with Crippen molar-refractivity contribution in [2.45, 2.75) is 56.4 Å². The number of aryl methyl sites for hydroxylation is 1. The number of piperidine rings is 3. The van der Waals surface area contributed by atoms with Gasteiger partial charge in [0.1, 0.15) is 0 Å². The Morgan fingerprint density at radius 3 is 2.72 bits per heavy atom. The molecule has 1 aliphatic carbocycles. The first-order chi connectivity index (χ1) is 14.2. The number of hydrogen-bond acceptors (Lipinski definition) is 4. The van der Waals surface area contributed by atoms with Crippen LogP contribution in [0.4, 0.5) is 4.79 Å². The number of nitrogens with zero attached hydrogens (tertiary/aromatic N) is 4. The van der Waals surface area contributed by atoms with Crippen LogP contribution in [0, 0.1) is 5.92 Å². The van der Waals surface area contributed by atoms with Crippen molar-refractivity contribution in [2.75, 3.05) is 45.9 Å². The number of hydrogen-bond donors (Lipinski definition) is 1. The Morgan fingerprint density at radius 2 is 2.00 bits per heavy atom. The van der Waals surface area contributed by atoms with Gasteiger partial charge in [-0.25, -0.2) is 4.79 Å². The van der Waals surface area contributed by atoms with Crippen molar-refractivity contribution < 1.29 is 9.53 Å². The molecule has 1 aromatic heterocycles. The molecule has 29 heavy (non-hydrogen) atoms. The molecule has 0 spiro atoms. The van der Waals surface area contributed by atoms with E-state index in [1.807, 2.05) is 4.90 Å². The topological polar surface area (TPSA) is 62.6 Å². The summed E-state index contributed by atoms with van der Waals surface area (Å²) in [6, 6.07) is 2.95. The number of carbonyl (C=O) groups excluding carboxylic acids is 1. The van der Waals surface area contributed by atoms with Gasteiger partial charge in [0.15, 0.2) is 0 Å². The molecule has 2 bridgehead atoms. The van der Waals surface area contributed by atoms with Crippen LogP contribution in [-0.4, -0.2) is 77.6 Å². The second kappa shape index (κ2) is 8.26. The van der Waals surface area contributed by atoms with Crippen molar-refractivity contribution in [3.05, 3.63) is 17.5 Å². The number of nitrogens with one attached hydrogen (secondary N) is 1. The summed E-state index contributed by atoms with van der Waals surface area (Å²) < 4.78 is 7.51. The average molecular weight is 402 g/mol. The summed E-state index contributed by atoms with van der Waals surface area (Å²) in [6.07, 6.45) is 7.77. The molecule has 1 aromatic rings. The molecule has 7 heteroatoms. The summed E-state index contributed by atoms with van der Waals surface area (Å²) in [5, 5.41) is 8.09. The number of amides is 2. The summed E-state index contributed by atoms with van der Waals surface area (Å²) in [7, 11) is 2.13. The third-order valence-corrected chi connectivity index (χ3v) is 7.75. The van der Waals surface area contributed by atoms with Gasteiger partial charge in [-0.1, -0.05) is 12.8 Å². The third kappa shape index (κ3) is 3.91. The minimum Gasteiger partial charge on any atom is -0.378 e. The zero-order chi connectivity index (χ0) is 19.8. The van der Waals surface area contributed by atoms with Gasteiger partial charge in [-0.15, -0.1) is 0 Å². The van der Waals surface area contributed by atoms with Crippen molar-refractivity contribution in [2.24, 2.45) is 13.0 Å². The molecular formula is C22H35N5O2. The van der Waals surface area contributed by atoms with Gasteiger partial charge in [0.25, 0.3) is 0 Å². The van der Waals surface area contributed by atoms with Crippen LogP contribution in [-0.2, 0) is 11.8 Å². The summed E-state index contributed by atoms with van der Waals surface area (Å²) in [6.45, 7) is 5.74. The molecule has 1 unspecified atom stereocenters. The van der Waals surface area contributed by atoms with E-state index < -0.39 is 0 Å². The Bertz CT molecular complexity index is 723. The molecule has 160 valence electrons. The Kier molecular flexibility index (Phi) is 5.52. The lowest BCUT2D eigenvalue weighted by atomic mass is 9.74. The predicted molar refractivity (Wildman–Crippen MR) is 111 cm³/mol. The Balaban J connectivity index is 1.20. The molecule has 5 aliphatic rings. The quantitative estimate of drug-likeness (QED) is 0.841. The molecule has 0 aromatic carbocycles. The first kappa shape index (κ1) is 19.4. The van der Waals surface area contributed by atoms with Gasteiger partial charge in [0, 0.05) is 56.8 Å². The number of rotatable bonds is 4. The fourth-order valence-corrected chi connectivity index (χ4v) is 6.04. The monoisotopic (exact) mass is 401 g/mol. The lowest BCUT2D eigenvalue weighted by Gasteiger charge is -2.50. The molecule has 5 heterocycles. The molecule has 0 radical (unpaired) electrons. The van der Waals surface area contributed by atoms with E-state index in [1.165, 1.54) is 49.9 Å². The largest absolute Gasteiger partial charge is 0.378 e. The van der Waals surface area contributed by atoms with Gasteiger partial charge in [-0.2, -0.15) is 5.10 Å². The van der Waals surface area contributed by atoms with Gasteiger partial charge in [-0.05, 0) is 44.2 Å². The smallest absolute Gasteiger partial charge is 0.317 e. The zero-order valence-electron chi connectivity index (χ0n) is 17.7. The maximum absolute atomic E-state index is 12.4. The van der Waals surface area contributed by atoms with Gasteiger partial charge in [0.05, 0.1) is 18.9 Å². The third-order valence-electron chi connectivity index (χ3n) is 7.75. The molecule has 4 aliphatic heterocycles. The van der Waals surface area contributed by atoms with Gasteiger partial charge < -0.3 is 15.0 Å². The highest BCUT2D eigenvalue weighted by molar-refractivity contribution is 5.74. The lowest BCUT2D eigenvalue weighted by molar-refractivity contribution is 0.0265. The van der Waals surface area contributed by atoms with Crippen molar-refractivity contribution in [1.29, 1.82) is 0 Å². The van der Waals surface area contributed by atoms with Crippen LogP contribution in [0.5, 0.6) is 0 Å². The van der Waals surface area contributed by atoms with Crippen molar-refractivity contribution in [3.63, 3.8) is 0 Å². The fourth-order valence-electron chi connectivity index (χ4n) is 6.04. The number of aromatic nitrogens is 2. The van der Waals surface area contributed by atoms with Gasteiger partial charge in [0.2, 0.25) is 0 Å². The van der Waals surface area contributed by atoms with Crippen molar-refractivity contribution in [3.8, 4) is 0 Å².